The molecule has 114 valence electrons. The number of benzene rings is 1. The van der Waals surface area contributed by atoms with E-state index in [0.29, 0.717) is 6.42 Å². The molecule has 1 aromatic carbocycles. The highest BCUT2D eigenvalue weighted by molar-refractivity contribution is 7.98. The number of nitrogens with one attached hydrogen (secondary N) is 1. The summed E-state index contributed by atoms with van der Waals surface area (Å²) in [5.74, 6) is 0.160. The van der Waals surface area contributed by atoms with Gasteiger partial charge in [0.1, 0.15) is 5.82 Å². The molecule has 0 fully saturated rings. The molecular formula is C13H19Cl2FN2OS. The van der Waals surface area contributed by atoms with Crippen molar-refractivity contribution in [1.29, 1.82) is 0 Å². The normalized spacial score (nSPS) is 13.2. The smallest absolute Gasteiger partial charge is 0.237 e. The van der Waals surface area contributed by atoms with Crippen molar-refractivity contribution in [3.63, 3.8) is 0 Å². The van der Waals surface area contributed by atoms with E-state index >= 15 is 0 Å². The summed E-state index contributed by atoms with van der Waals surface area (Å²) in [5.41, 5.74) is 6.52. The van der Waals surface area contributed by atoms with E-state index in [2.05, 4.69) is 5.32 Å². The van der Waals surface area contributed by atoms with Crippen LogP contribution in [0.3, 0.4) is 0 Å². The van der Waals surface area contributed by atoms with Crippen LogP contribution in [-0.4, -0.2) is 24.0 Å². The first-order valence-electron chi connectivity index (χ1n) is 5.95. The Hall–Kier alpha value is -0.490. The van der Waals surface area contributed by atoms with E-state index < -0.39 is 11.9 Å². The molecule has 7 heteroatoms. The lowest BCUT2D eigenvalue weighted by atomic mass is 10.1. The summed E-state index contributed by atoms with van der Waals surface area (Å²) in [7, 11) is 0. The van der Waals surface area contributed by atoms with E-state index in [1.807, 2.05) is 13.2 Å². The highest BCUT2D eigenvalue weighted by Crippen LogP contribution is 2.20. The van der Waals surface area contributed by atoms with Crippen LogP contribution in [0.2, 0.25) is 5.02 Å². The fourth-order valence-corrected chi connectivity index (χ4v) is 2.24. The largest absolute Gasteiger partial charge is 0.348 e. The number of carbonyl (C=O) groups excluding carboxylic acids is 1. The number of carbonyl (C=O) groups is 1. The average molecular weight is 341 g/mol. The molecule has 1 aromatic rings. The number of rotatable bonds is 6. The van der Waals surface area contributed by atoms with Gasteiger partial charge in [-0.1, -0.05) is 17.7 Å². The minimum absolute atomic E-state index is 0. The molecule has 3 N–H and O–H groups in total. The van der Waals surface area contributed by atoms with Crippen molar-refractivity contribution in [3.8, 4) is 0 Å². The first-order valence-corrected chi connectivity index (χ1v) is 7.72. The highest BCUT2D eigenvalue weighted by atomic mass is 35.5. The molecule has 1 rings (SSSR count). The Bertz CT molecular complexity index is 448. The summed E-state index contributed by atoms with van der Waals surface area (Å²) >= 11 is 7.36. The summed E-state index contributed by atoms with van der Waals surface area (Å²) in [4.78, 5) is 11.8. The number of hydrogen-bond acceptors (Lipinski definition) is 3. The topological polar surface area (TPSA) is 55.1 Å². The predicted octanol–water partition coefficient (Wildman–Crippen LogP) is 3.16. The van der Waals surface area contributed by atoms with Crippen molar-refractivity contribution >= 4 is 41.7 Å². The maximum absolute atomic E-state index is 13.1. The maximum atomic E-state index is 13.1. The third kappa shape index (κ3) is 5.87. The summed E-state index contributed by atoms with van der Waals surface area (Å²) in [6.07, 6.45) is 2.59. The van der Waals surface area contributed by atoms with Crippen molar-refractivity contribution in [2.45, 2.75) is 25.4 Å². The van der Waals surface area contributed by atoms with Crippen LogP contribution in [-0.2, 0) is 4.79 Å². The molecule has 0 bridgehead atoms. The van der Waals surface area contributed by atoms with Crippen LogP contribution in [0.1, 0.15) is 24.9 Å². The minimum atomic E-state index is -0.522. The summed E-state index contributed by atoms with van der Waals surface area (Å²) in [6, 6.07) is 3.61. The number of nitrogens with two attached hydrogens (primary N) is 1. The molecule has 1 unspecified atom stereocenters. The van der Waals surface area contributed by atoms with E-state index in [-0.39, 0.29) is 29.4 Å². The molecule has 2 atom stereocenters. The molecule has 3 nitrogen and oxygen atoms in total. The Morgan fingerprint density at radius 2 is 2.20 bits per heavy atom. The molecule has 1 amide bonds. The van der Waals surface area contributed by atoms with Crippen molar-refractivity contribution < 1.29 is 9.18 Å². The molecule has 0 aliphatic rings. The van der Waals surface area contributed by atoms with Crippen LogP contribution >= 0.6 is 35.8 Å². The number of amides is 1. The Kier molecular flexibility index (Phi) is 9.22. The molecule has 0 spiro atoms. The summed E-state index contributed by atoms with van der Waals surface area (Å²) in [6.45, 7) is 1.81. The third-order valence-electron chi connectivity index (χ3n) is 2.77. The summed E-state index contributed by atoms with van der Waals surface area (Å²) in [5, 5.41) is 2.84. The zero-order chi connectivity index (χ0) is 14.4. The predicted molar refractivity (Wildman–Crippen MR) is 86.2 cm³/mol. The first kappa shape index (κ1) is 19.5. The van der Waals surface area contributed by atoms with Gasteiger partial charge in [0, 0.05) is 0 Å². The number of thioether (sulfide) groups is 1. The second-order valence-electron chi connectivity index (χ2n) is 4.29. The quantitative estimate of drug-likeness (QED) is 0.836. The zero-order valence-corrected chi connectivity index (χ0v) is 13.7. The number of hydrogen-bond donors (Lipinski definition) is 2. The van der Waals surface area contributed by atoms with E-state index in [1.54, 1.807) is 17.8 Å². The number of halogens is 3. The second-order valence-corrected chi connectivity index (χ2v) is 5.68. The van der Waals surface area contributed by atoms with Gasteiger partial charge in [-0.2, -0.15) is 11.8 Å². The van der Waals surface area contributed by atoms with E-state index in [9.17, 15) is 9.18 Å². The van der Waals surface area contributed by atoms with Gasteiger partial charge in [-0.3, -0.25) is 4.79 Å². The minimum Gasteiger partial charge on any atom is -0.348 e. The summed E-state index contributed by atoms with van der Waals surface area (Å²) < 4.78 is 13.1. The lowest BCUT2D eigenvalue weighted by Gasteiger charge is -2.18. The molecule has 0 aromatic heterocycles. The fraction of sp³-hybridized carbons (Fsp3) is 0.462. The third-order valence-corrected chi connectivity index (χ3v) is 3.71. The molecule has 0 aliphatic carbocycles. The molecule has 0 saturated carbocycles. The fourth-order valence-electron chi connectivity index (χ4n) is 1.56. The van der Waals surface area contributed by atoms with Gasteiger partial charge in [-0.05, 0) is 43.0 Å². The van der Waals surface area contributed by atoms with Crippen LogP contribution < -0.4 is 11.1 Å². The molecule has 0 radical (unpaired) electrons. The lowest BCUT2D eigenvalue weighted by Crippen LogP contribution is -2.41. The van der Waals surface area contributed by atoms with E-state index in [4.69, 9.17) is 17.3 Å². The molecule has 0 heterocycles. The van der Waals surface area contributed by atoms with Crippen LogP contribution in [0, 0.1) is 5.82 Å². The van der Waals surface area contributed by atoms with E-state index in [0.717, 1.165) is 11.3 Å². The molecule has 0 aliphatic heterocycles. The van der Waals surface area contributed by atoms with Crippen molar-refractivity contribution in [3.05, 3.63) is 34.6 Å². The van der Waals surface area contributed by atoms with Gasteiger partial charge in [0.05, 0.1) is 17.1 Å². The highest BCUT2D eigenvalue weighted by Gasteiger charge is 2.16. The lowest BCUT2D eigenvalue weighted by molar-refractivity contribution is -0.123. The van der Waals surface area contributed by atoms with Crippen LogP contribution in [0.25, 0.3) is 0 Å². The van der Waals surface area contributed by atoms with Gasteiger partial charge >= 0.3 is 0 Å². The molecular weight excluding hydrogens is 322 g/mol. The van der Waals surface area contributed by atoms with E-state index in [1.165, 1.54) is 12.1 Å². The van der Waals surface area contributed by atoms with Crippen LogP contribution in [0.15, 0.2) is 18.2 Å². The van der Waals surface area contributed by atoms with Gasteiger partial charge in [-0.15, -0.1) is 12.4 Å². The maximum Gasteiger partial charge on any atom is 0.237 e. The Labute approximate surface area is 134 Å². The van der Waals surface area contributed by atoms with Crippen LogP contribution in [0.4, 0.5) is 4.39 Å². The van der Waals surface area contributed by atoms with Crippen molar-refractivity contribution in [2.75, 3.05) is 12.0 Å². The monoisotopic (exact) mass is 340 g/mol. The van der Waals surface area contributed by atoms with Crippen molar-refractivity contribution in [1.82, 2.24) is 5.32 Å². The Balaban J connectivity index is 0.00000361. The Morgan fingerprint density at radius 3 is 2.75 bits per heavy atom. The van der Waals surface area contributed by atoms with Gasteiger partial charge in [0.15, 0.2) is 0 Å². The zero-order valence-electron chi connectivity index (χ0n) is 11.4. The van der Waals surface area contributed by atoms with Gasteiger partial charge in [-0.25, -0.2) is 4.39 Å². The second kappa shape index (κ2) is 9.45. The molecule has 0 saturated heterocycles. The van der Waals surface area contributed by atoms with Gasteiger partial charge in [0.25, 0.3) is 0 Å². The van der Waals surface area contributed by atoms with Gasteiger partial charge in [0.2, 0.25) is 5.91 Å². The SMILES string of the molecule is CSCC[C@H](N)C(=O)NC(C)c1ccc(F)c(Cl)c1.Cl. The first-order chi connectivity index (χ1) is 8.95. The van der Waals surface area contributed by atoms with Crippen molar-refractivity contribution in [2.24, 2.45) is 5.73 Å². The van der Waals surface area contributed by atoms with Gasteiger partial charge < -0.3 is 11.1 Å². The Morgan fingerprint density at radius 1 is 1.55 bits per heavy atom. The molecule has 20 heavy (non-hydrogen) atoms. The standard InChI is InChI=1S/C13H18ClFN2OS.ClH/c1-8(9-3-4-11(15)10(14)7-9)17-13(18)12(16)5-6-19-2;/h3-4,7-8,12H,5-6,16H2,1-2H3,(H,17,18);1H/t8?,12-;/m0./s1. The average Bonchev–Trinajstić information content (AvgIpc) is 2.38. The van der Waals surface area contributed by atoms with Crippen LogP contribution in [0.5, 0.6) is 0 Å².